The van der Waals surface area contributed by atoms with Gasteiger partial charge in [-0.15, -0.1) is 18.5 Å². The molecule has 4 aromatic rings. The van der Waals surface area contributed by atoms with E-state index in [9.17, 15) is 0 Å². The van der Waals surface area contributed by atoms with Crippen molar-refractivity contribution in [2.75, 3.05) is 6.16 Å². The first kappa shape index (κ1) is 24.5. The molecule has 4 bridgehead atoms. The van der Waals surface area contributed by atoms with Crippen molar-refractivity contribution in [1.82, 2.24) is 19.9 Å². The van der Waals surface area contributed by atoms with Gasteiger partial charge in [-0.2, -0.15) is 0 Å². The molecule has 0 saturated heterocycles. The Morgan fingerprint density at radius 1 is 0.684 bits per heavy atom. The number of rotatable bonds is 6. The van der Waals surface area contributed by atoms with Crippen LogP contribution in [0.5, 0.6) is 0 Å². The Labute approximate surface area is 230 Å². The van der Waals surface area contributed by atoms with Crippen LogP contribution in [0.1, 0.15) is 54.9 Å². The van der Waals surface area contributed by atoms with Crippen LogP contribution in [0.25, 0.3) is 11.1 Å². The first-order valence-electron chi connectivity index (χ1n) is 13.9. The Balaban J connectivity index is 1.52. The van der Waals surface area contributed by atoms with Crippen LogP contribution in [0, 0.1) is 23.7 Å². The molecule has 2 unspecified atom stereocenters. The van der Waals surface area contributed by atoms with E-state index in [0.717, 1.165) is 18.0 Å². The van der Waals surface area contributed by atoms with Gasteiger partial charge in [0.2, 0.25) is 0 Å². The third kappa shape index (κ3) is 3.71. The molecule has 0 N–H and O–H groups in total. The maximum absolute atomic E-state index is 4.81. The van der Waals surface area contributed by atoms with Crippen molar-refractivity contribution >= 4 is 18.5 Å². The van der Waals surface area contributed by atoms with E-state index in [0.29, 0.717) is 23.5 Å². The Morgan fingerprint density at radius 3 is 1.76 bits per heavy atom. The van der Waals surface area contributed by atoms with Gasteiger partial charge in [-0.05, 0) is 102 Å². The minimum atomic E-state index is -0.774. The van der Waals surface area contributed by atoms with Crippen LogP contribution in [0.3, 0.4) is 0 Å². The molecule has 4 aliphatic rings. The van der Waals surface area contributed by atoms with Crippen LogP contribution in [-0.4, -0.2) is 26.1 Å². The van der Waals surface area contributed by atoms with Gasteiger partial charge in [-0.25, -0.2) is 19.9 Å². The highest BCUT2D eigenvalue weighted by atomic mass is 31.0. The second kappa shape index (κ2) is 9.58. The van der Waals surface area contributed by atoms with Crippen LogP contribution >= 0.6 is 18.5 Å². The summed E-state index contributed by atoms with van der Waals surface area (Å²) < 4.78 is 0. The molecule has 2 aromatic heterocycles. The molecule has 0 spiro atoms. The van der Waals surface area contributed by atoms with Crippen LogP contribution in [-0.2, 0) is 10.6 Å². The lowest BCUT2D eigenvalue weighted by atomic mass is 9.44. The third-order valence-corrected chi connectivity index (χ3v) is 11.3. The lowest BCUT2D eigenvalue weighted by molar-refractivity contribution is -0.0504. The Kier molecular flexibility index (Phi) is 6.18. The van der Waals surface area contributed by atoms with Crippen molar-refractivity contribution in [3.63, 3.8) is 0 Å². The predicted molar refractivity (Wildman–Crippen MR) is 159 cm³/mol. The number of aromatic nitrogens is 4. The van der Waals surface area contributed by atoms with Gasteiger partial charge in [0.25, 0.3) is 0 Å². The van der Waals surface area contributed by atoms with Crippen molar-refractivity contribution < 1.29 is 0 Å². The topological polar surface area (TPSA) is 51.6 Å². The Hall–Kier alpha value is -2.54. The van der Waals surface area contributed by atoms with E-state index in [2.05, 4.69) is 67.0 Å². The minimum absolute atomic E-state index is 0.119. The number of nitrogens with zero attached hydrogens (tertiary/aromatic N) is 4. The molecule has 4 nitrogen and oxygen atoms in total. The lowest BCUT2D eigenvalue weighted by Crippen LogP contribution is -2.57. The van der Waals surface area contributed by atoms with Gasteiger partial charge in [0, 0.05) is 30.2 Å². The maximum atomic E-state index is 4.81. The van der Waals surface area contributed by atoms with E-state index >= 15 is 0 Å². The molecule has 38 heavy (non-hydrogen) atoms. The quantitative estimate of drug-likeness (QED) is 0.258. The molecular formula is C32H34N4P2. The number of hydrogen-bond donors (Lipinski definition) is 0. The molecule has 4 fully saturated rings. The van der Waals surface area contributed by atoms with Crippen molar-refractivity contribution in [1.29, 1.82) is 0 Å². The molecule has 2 atom stereocenters. The zero-order valence-corrected chi connectivity index (χ0v) is 23.9. The Morgan fingerprint density at radius 2 is 1.24 bits per heavy atom. The van der Waals surface area contributed by atoms with Gasteiger partial charge in [0.1, 0.15) is 16.8 Å². The van der Waals surface area contributed by atoms with E-state index < -0.39 is 5.16 Å². The summed E-state index contributed by atoms with van der Waals surface area (Å²) in [5.41, 5.74) is 5.19. The average Bonchev–Trinajstić information content (AvgIpc) is 2.98. The summed E-state index contributed by atoms with van der Waals surface area (Å²) in [6.07, 6.45) is 15.3. The number of hydrogen-bond acceptors (Lipinski definition) is 4. The van der Waals surface area contributed by atoms with Crippen molar-refractivity contribution in [3.05, 3.63) is 108 Å². The van der Waals surface area contributed by atoms with Crippen LogP contribution in [0.15, 0.2) is 85.5 Å². The second-order valence-electron chi connectivity index (χ2n) is 11.6. The van der Waals surface area contributed by atoms with Gasteiger partial charge < -0.3 is 0 Å². The van der Waals surface area contributed by atoms with Crippen LogP contribution in [0.4, 0.5) is 0 Å². The third-order valence-electron chi connectivity index (χ3n) is 9.82. The molecule has 8 rings (SSSR count). The summed E-state index contributed by atoms with van der Waals surface area (Å²) in [5.74, 6) is 4.66. The fraction of sp³-hybridized carbons (Fsp3) is 0.375. The first-order chi connectivity index (χ1) is 18.6. The molecule has 0 aliphatic heterocycles. The highest BCUT2D eigenvalue weighted by Gasteiger charge is 2.58. The Bertz CT molecular complexity index is 1360. The summed E-state index contributed by atoms with van der Waals surface area (Å²) in [6, 6.07) is 21.6. The van der Waals surface area contributed by atoms with E-state index in [1.54, 1.807) is 0 Å². The van der Waals surface area contributed by atoms with E-state index in [1.807, 2.05) is 36.9 Å². The van der Waals surface area contributed by atoms with Gasteiger partial charge in [-0.3, -0.25) is 0 Å². The molecule has 0 amide bonds. The van der Waals surface area contributed by atoms with Gasteiger partial charge in [0.05, 0.1) is 0 Å². The van der Waals surface area contributed by atoms with Gasteiger partial charge in [-0.1, -0.05) is 42.5 Å². The summed E-state index contributed by atoms with van der Waals surface area (Å²) in [7, 11) is 6.30. The van der Waals surface area contributed by atoms with Crippen molar-refractivity contribution in [2.45, 2.75) is 42.7 Å². The fourth-order valence-corrected chi connectivity index (χ4v) is 9.76. The minimum Gasteiger partial charge on any atom is -0.240 e. The van der Waals surface area contributed by atoms with Gasteiger partial charge in [0.15, 0.2) is 0 Å². The lowest BCUT2D eigenvalue weighted by Gasteiger charge is -2.62. The smallest absolute Gasteiger partial charge is 0.150 e. The molecule has 6 heteroatoms. The predicted octanol–water partition coefficient (Wildman–Crippen LogP) is 6.67. The molecular weight excluding hydrogens is 502 g/mol. The highest BCUT2D eigenvalue weighted by Crippen LogP contribution is 2.65. The largest absolute Gasteiger partial charge is 0.240 e. The van der Waals surface area contributed by atoms with E-state index in [4.69, 9.17) is 19.9 Å². The normalized spacial score (nSPS) is 27.9. The second-order valence-corrected chi connectivity index (χ2v) is 12.9. The summed E-state index contributed by atoms with van der Waals surface area (Å²) in [5, 5.41) is -0.774. The average molecular weight is 537 g/mol. The molecule has 192 valence electrons. The summed E-state index contributed by atoms with van der Waals surface area (Å²) >= 11 is 0. The fourth-order valence-electron chi connectivity index (χ4n) is 8.34. The molecule has 4 saturated carbocycles. The zero-order chi connectivity index (χ0) is 25.7. The summed E-state index contributed by atoms with van der Waals surface area (Å²) in [4.78, 5) is 19.3. The first-order valence-corrected chi connectivity index (χ1v) is 15.3. The zero-order valence-electron chi connectivity index (χ0n) is 21.6. The van der Waals surface area contributed by atoms with Crippen molar-refractivity contribution in [3.8, 4) is 11.1 Å². The SMILES string of the molecule is PCC1(c2ccc(-c3ccccc3)cc2C(P)(c2ncccn2)c2ncccn2)C2CC3CC(C2)CC1C3. The van der Waals surface area contributed by atoms with E-state index in [1.165, 1.54) is 54.4 Å². The molecule has 2 aromatic carbocycles. The highest BCUT2D eigenvalue weighted by molar-refractivity contribution is 7.19. The molecule has 0 radical (unpaired) electrons. The van der Waals surface area contributed by atoms with Crippen molar-refractivity contribution in [2.24, 2.45) is 23.7 Å². The van der Waals surface area contributed by atoms with Crippen LogP contribution < -0.4 is 0 Å². The molecule has 4 aliphatic carbocycles. The van der Waals surface area contributed by atoms with Gasteiger partial charge >= 0.3 is 0 Å². The monoisotopic (exact) mass is 536 g/mol. The van der Waals surface area contributed by atoms with E-state index in [-0.39, 0.29) is 5.41 Å². The maximum Gasteiger partial charge on any atom is 0.150 e. The molecule has 2 heterocycles. The van der Waals surface area contributed by atoms with Crippen LogP contribution in [0.2, 0.25) is 0 Å². The summed E-state index contributed by atoms with van der Waals surface area (Å²) in [6.45, 7) is 0. The number of benzene rings is 2. The standard InChI is InChI=1S/C32H34N4P2/c37-20-31(25-15-21-14-22(17-25)18-26(31)16-21)27-9-8-24(23-6-2-1-3-7-23)19-28(27)32(38,29-33-10-4-11-34-29)30-35-12-5-13-36-30/h1-13,19,21-22,25-26H,14-18,20,37-38H2.